The van der Waals surface area contributed by atoms with Crippen LogP contribution in [0.2, 0.25) is 0 Å². The van der Waals surface area contributed by atoms with Gasteiger partial charge in [-0.3, -0.25) is 0 Å². The van der Waals surface area contributed by atoms with Gasteiger partial charge in [0.1, 0.15) is 0 Å². The molecule has 0 aliphatic carbocycles. The minimum atomic E-state index is -2.82. The number of anilines is 1. The topological polar surface area (TPSA) is 73.2 Å². The zero-order chi connectivity index (χ0) is 13.9. The standard InChI is InChI=1S/C12H21N3O3S/c1-10(8-18-2)14-12-13-4-5-15(12)7-11-3-6-19(16,17)9-11/h4-5,10-11H,3,6-9H2,1-2H3,(H,13,14). The Labute approximate surface area is 114 Å². The van der Waals surface area contributed by atoms with Gasteiger partial charge in [-0.25, -0.2) is 13.4 Å². The Kier molecular flexibility index (Phi) is 4.46. The van der Waals surface area contributed by atoms with Crippen molar-refractivity contribution < 1.29 is 13.2 Å². The summed E-state index contributed by atoms with van der Waals surface area (Å²) in [5.41, 5.74) is 0. The summed E-state index contributed by atoms with van der Waals surface area (Å²) >= 11 is 0. The van der Waals surface area contributed by atoms with Gasteiger partial charge in [-0.1, -0.05) is 0 Å². The van der Waals surface area contributed by atoms with E-state index in [9.17, 15) is 8.42 Å². The number of ether oxygens (including phenoxy) is 1. The van der Waals surface area contributed by atoms with Crippen molar-refractivity contribution in [3.05, 3.63) is 12.4 Å². The molecule has 19 heavy (non-hydrogen) atoms. The third-order valence-electron chi connectivity index (χ3n) is 3.29. The van der Waals surface area contributed by atoms with Gasteiger partial charge < -0.3 is 14.6 Å². The monoisotopic (exact) mass is 287 g/mol. The summed E-state index contributed by atoms with van der Waals surface area (Å²) in [6, 6.07) is 0.165. The second-order valence-electron chi connectivity index (χ2n) is 5.17. The maximum atomic E-state index is 11.5. The van der Waals surface area contributed by atoms with E-state index in [2.05, 4.69) is 10.3 Å². The second kappa shape index (κ2) is 5.92. The predicted molar refractivity (Wildman–Crippen MR) is 73.9 cm³/mol. The lowest BCUT2D eigenvalue weighted by molar-refractivity contribution is 0.190. The fraction of sp³-hybridized carbons (Fsp3) is 0.750. The number of nitrogens with one attached hydrogen (secondary N) is 1. The van der Waals surface area contributed by atoms with Gasteiger partial charge in [0.25, 0.3) is 0 Å². The summed E-state index contributed by atoms with van der Waals surface area (Å²) in [5, 5.41) is 3.26. The lowest BCUT2D eigenvalue weighted by Gasteiger charge is -2.16. The maximum Gasteiger partial charge on any atom is 0.203 e. The molecule has 6 nitrogen and oxygen atoms in total. The molecule has 2 unspecified atom stereocenters. The average molecular weight is 287 g/mol. The molecule has 108 valence electrons. The average Bonchev–Trinajstić information content (AvgIpc) is 2.87. The highest BCUT2D eigenvalue weighted by molar-refractivity contribution is 7.91. The Balaban J connectivity index is 1.96. The van der Waals surface area contributed by atoms with E-state index in [0.29, 0.717) is 18.9 Å². The molecule has 1 aliphatic rings. The third kappa shape index (κ3) is 3.94. The Morgan fingerprint density at radius 2 is 2.42 bits per heavy atom. The van der Waals surface area contributed by atoms with Crippen molar-refractivity contribution in [2.75, 3.05) is 30.5 Å². The largest absolute Gasteiger partial charge is 0.383 e. The van der Waals surface area contributed by atoms with Gasteiger partial charge in [-0.05, 0) is 19.3 Å². The number of methoxy groups -OCH3 is 1. The number of sulfone groups is 1. The summed E-state index contributed by atoms with van der Waals surface area (Å²) in [4.78, 5) is 4.26. The SMILES string of the molecule is COCC(C)Nc1nccn1CC1CCS(=O)(=O)C1. The molecule has 1 saturated heterocycles. The van der Waals surface area contributed by atoms with Crippen molar-refractivity contribution in [1.82, 2.24) is 9.55 Å². The highest BCUT2D eigenvalue weighted by Crippen LogP contribution is 2.21. The maximum absolute atomic E-state index is 11.5. The van der Waals surface area contributed by atoms with Gasteiger partial charge >= 0.3 is 0 Å². The molecule has 0 radical (unpaired) electrons. The number of aromatic nitrogens is 2. The Bertz CT molecular complexity index is 512. The minimum Gasteiger partial charge on any atom is -0.383 e. The molecule has 0 bridgehead atoms. The number of imidazole rings is 1. The number of nitrogens with zero attached hydrogens (tertiary/aromatic N) is 2. The van der Waals surface area contributed by atoms with E-state index in [1.807, 2.05) is 17.7 Å². The van der Waals surface area contributed by atoms with Crippen LogP contribution >= 0.6 is 0 Å². The van der Waals surface area contributed by atoms with Gasteiger partial charge in [-0.2, -0.15) is 0 Å². The Hall–Kier alpha value is -1.08. The summed E-state index contributed by atoms with van der Waals surface area (Å²) in [7, 11) is -1.16. The molecule has 1 aromatic heterocycles. The van der Waals surface area contributed by atoms with Gasteiger partial charge in [0.15, 0.2) is 9.84 Å². The Morgan fingerprint density at radius 3 is 3.05 bits per heavy atom. The summed E-state index contributed by atoms with van der Waals surface area (Å²) in [6.07, 6.45) is 4.35. The van der Waals surface area contributed by atoms with Crippen molar-refractivity contribution in [2.24, 2.45) is 5.92 Å². The van der Waals surface area contributed by atoms with Gasteiger partial charge in [0, 0.05) is 32.1 Å². The van der Waals surface area contributed by atoms with Crippen molar-refractivity contribution in [2.45, 2.75) is 25.9 Å². The van der Waals surface area contributed by atoms with E-state index in [4.69, 9.17) is 4.74 Å². The first-order valence-electron chi connectivity index (χ1n) is 6.47. The second-order valence-corrected chi connectivity index (χ2v) is 7.40. The first kappa shape index (κ1) is 14.3. The minimum absolute atomic E-state index is 0.165. The van der Waals surface area contributed by atoms with Crippen molar-refractivity contribution in [1.29, 1.82) is 0 Å². The summed E-state index contributed by atoms with van der Waals surface area (Å²) in [5.74, 6) is 1.57. The zero-order valence-corrected chi connectivity index (χ0v) is 12.2. The quantitative estimate of drug-likeness (QED) is 0.836. The summed E-state index contributed by atoms with van der Waals surface area (Å²) < 4.78 is 30.0. The molecule has 2 rings (SSSR count). The molecule has 0 spiro atoms. The lowest BCUT2D eigenvalue weighted by Crippen LogP contribution is -2.24. The molecule has 0 amide bonds. The molecular weight excluding hydrogens is 266 g/mol. The number of hydrogen-bond donors (Lipinski definition) is 1. The normalized spacial score (nSPS) is 23.4. The van der Waals surface area contributed by atoms with Crippen LogP contribution in [0.3, 0.4) is 0 Å². The van der Waals surface area contributed by atoms with Crippen LogP contribution in [0, 0.1) is 5.92 Å². The van der Waals surface area contributed by atoms with Crippen LogP contribution in [0.15, 0.2) is 12.4 Å². The third-order valence-corrected chi connectivity index (χ3v) is 5.13. The molecule has 0 aromatic carbocycles. The van der Waals surface area contributed by atoms with Gasteiger partial charge in [-0.15, -0.1) is 0 Å². The lowest BCUT2D eigenvalue weighted by atomic mass is 10.1. The zero-order valence-electron chi connectivity index (χ0n) is 11.4. The summed E-state index contributed by atoms with van der Waals surface area (Å²) in [6.45, 7) is 3.31. The van der Waals surface area contributed by atoms with Gasteiger partial charge in [0.2, 0.25) is 5.95 Å². The van der Waals surface area contributed by atoms with Crippen LogP contribution in [0.1, 0.15) is 13.3 Å². The first-order chi connectivity index (χ1) is 9.00. The molecule has 1 N–H and O–H groups in total. The Morgan fingerprint density at radius 1 is 1.63 bits per heavy atom. The van der Waals surface area contributed by atoms with E-state index in [-0.39, 0.29) is 17.7 Å². The molecular formula is C12H21N3O3S. The van der Waals surface area contributed by atoms with Crippen molar-refractivity contribution in [3.63, 3.8) is 0 Å². The first-order valence-corrected chi connectivity index (χ1v) is 8.29. The smallest absolute Gasteiger partial charge is 0.203 e. The van der Waals surface area contributed by atoms with Crippen LogP contribution in [0.5, 0.6) is 0 Å². The molecule has 1 aromatic rings. The van der Waals surface area contributed by atoms with Crippen LogP contribution in [-0.2, 0) is 21.1 Å². The number of hydrogen-bond acceptors (Lipinski definition) is 5. The van der Waals surface area contributed by atoms with Crippen LogP contribution in [-0.4, -0.2) is 49.2 Å². The van der Waals surface area contributed by atoms with Crippen molar-refractivity contribution >= 4 is 15.8 Å². The van der Waals surface area contributed by atoms with E-state index < -0.39 is 9.84 Å². The van der Waals surface area contributed by atoms with Crippen LogP contribution in [0.25, 0.3) is 0 Å². The van der Waals surface area contributed by atoms with Crippen LogP contribution in [0.4, 0.5) is 5.95 Å². The van der Waals surface area contributed by atoms with Crippen LogP contribution < -0.4 is 5.32 Å². The molecule has 0 saturated carbocycles. The highest BCUT2D eigenvalue weighted by Gasteiger charge is 2.28. The fourth-order valence-corrected chi connectivity index (χ4v) is 4.25. The van der Waals surface area contributed by atoms with Crippen molar-refractivity contribution in [3.8, 4) is 0 Å². The molecule has 2 heterocycles. The van der Waals surface area contributed by atoms with E-state index >= 15 is 0 Å². The van der Waals surface area contributed by atoms with E-state index in [0.717, 1.165) is 12.4 Å². The van der Waals surface area contributed by atoms with Gasteiger partial charge in [0.05, 0.1) is 18.1 Å². The fourth-order valence-electron chi connectivity index (χ4n) is 2.40. The van der Waals surface area contributed by atoms with E-state index in [1.165, 1.54) is 0 Å². The molecule has 2 atom stereocenters. The highest BCUT2D eigenvalue weighted by atomic mass is 32.2. The molecule has 7 heteroatoms. The molecule has 1 aliphatic heterocycles. The number of rotatable bonds is 6. The van der Waals surface area contributed by atoms with E-state index in [1.54, 1.807) is 13.3 Å². The predicted octanol–water partition coefficient (Wildman–Crippen LogP) is 0.765. The molecule has 1 fully saturated rings.